The summed E-state index contributed by atoms with van der Waals surface area (Å²) in [6.07, 6.45) is 1.57. The van der Waals surface area contributed by atoms with Gasteiger partial charge in [0.05, 0.1) is 17.8 Å². The number of hydrogen-bond acceptors (Lipinski definition) is 4. The van der Waals surface area contributed by atoms with Crippen molar-refractivity contribution in [1.29, 1.82) is 0 Å². The van der Waals surface area contributed by atoms with Gasteiger partial charge in [0, 0.05) is 25.0 Å². The van der Waals surface area contributed by atoms with Crippen molar-refractivity contribution < 1.29 is 4.74 Å². The third-order valence-electron chi connectivity index (χ3n) is 2.62. The van der Waals surface area contributed by atoms with Gasteiger partial charge in [0.25, 0.3) is 0 Å². The van der Waals surface area contributed by atoms with Gasteiger partial charge in [-0.3, -0.25) is 0 Å². The number of rotatable bonds is 3. The highest BCUT2D eigenvalue weighted by atomic mass is 35.5. The molecule has 0 aliphatic rings. The van der Waals surface area contributed by atoms with E-state index in [1.54, 1.807) is 19.4 Å². The van der Waals surface area contributed by atoms with Crippen molar-refractivity contribution in [3.8, 4) is 5.75 Å². The second kappa shape index (κ2) is 5.14. The Morgan fingerprint density at radius 3 is 2.78 bits per heavy atom. The molecule has 0 saturated carbocycles. The molecule has 0 amide bonds. The number of hydrogen-bond donors (Lipinski definition) is 1. The second-order valence-corrected chi connectivity index (χ2v) is 4.26. The van der Waals surface area contributed by atoms with Gasteiger partial charge >= 0.3 is 0 Å². The number of ether oxygens (including phenoxy) is 1. The summed E-state index contributed by atoms with van der Waals surface area (Å²) in [7, 11) is 3.52. The first-order chi connectivity index (χ1) is 8.61. The number of methoxy groups -OCH3 is 1. The van der Waals surface area contributed by atoms with Crippen molar-refractivity contribution in [3.63, 3.8) is 0 Å². The summed E-state index contributed by atoms with van der Waals surface area (Å²) in [5, 5.41) is 0.523. The molecule has 1 heterocycles. The fourth-order valence-electron chi connectivity index (χ4n) is 1.67. The van der Waals surface area contributed by atoms with Crippen molar-refractivity contribution in [3.05, 3.63) is 41.6 Å². The van der Waals surface area contributed by atoms with Crippen LogP contribution in [0.2, 0.25) is 5.02 Å². The van der Waals surface area contributed by atoms with Crippen LogP contribution in [0.4, 0.5) is 17.2 Å². The fourth-order valence-corrected chi connectivity index (χ4v) is 1.84. The second-order valence-electron chi connectivity index (χ2n) is 3.83. The van der Waals surface area contributed by atoms with Gasteiger partial charge < -0.3 is 15.4 Å². The molecule has 1 aromatic heterocycles. The highest BCUT2D eigenvalue weighted by molar-refractivity contribution is 6.30. The number of anilines is 3. The molecule has 0 fully saturated rings. The van der Waals surface area contributed by atoms with Crippen LogP contribution in [-0.4, -0.2) is 19.1 Å². The lowest BCUT2D eigenvalue weighted by atomic mass is 10.2. The Balaban J connectivity index is 2.37. The molecule has 2 aromatic rings. The lowest BCUT2D eigenvalue weighted by Gasteiger charge is -2.20. The Bertz CT molecular complexity index is 560. The maximum Gasteiger partial charge on any atom is 0.156 e. The molecule has 5 heteroatoms. The number of aromatic nitrogens is 1. The highest BCUT2D eigenvalue weighted by Gasteiger charge is 2.10. The summed E-state index contributed by atoms with van der Waals surface area (Å²) in [5.41, 5.74) is 7.39. The van der Waals surface area contributed by atoms with Gasteiger partial charge in [-0.2, -0.15) is 0 Å². The number of nitrogen functional groups attached to an aromatic ring is 1. The van der Waals surface area contributed by atoms with Gasteiger partial charge in [0.1, 0.15) is 5.75 Å². The molecule has 0 radical (unpaired) electrons. The van der Waals surface area contributed by atoms with Crippen LogP contribution in [0.3, 0.4) is 0 Å². The van der Waals surface area contributed by atoms with E-state index >= 15 is 0 Å². The van der Waals surface area contributed by atoms with E-state index in [9.17, 15) is 0 Å². The van der Waals surface area contributed by atoms with Crippen LogP contribution in [0, 0.1) is 0 Å². The molecule has 0 atom stereocenters. The van der Waals surface area contributed by atoms with Crippen molar-refractivity contribution >= 4 is 28.8 Å². The van der Waals surface area contributed by atoms with Crippen molar-refractivity contribution in [2.75, 3.05) is 24.8 Å². The zero-order valence-corrected chi connectivity index (χ0v) is 11.0. The molecule has 1 aromatic carbocycles. The van der Waals surface area contributed by atoms with Crippen LogP contribution in [0.5, 0.6) is 5.75 Å². The Morgan fingerprint density at radius 1 is 1.33 bits per heavy atom. The molecule has 2 N–H and O–H groups in total. The fraction of sp³-hybridized carbons (Fsp3) is 0.154. The predicted molar refractivity (Wildman–Crippen MR) is 74.7 cm³/mol. The van der Waals surface area contributed by atoms with Gasteiger partial charge in [0.15, 0.2) is 5.82 Å². The number of pyridine rings is 1. The first kappa shape index (κ1) is 12.5. The Morgan fingerprint density at radius 2 is 2.11 bits per heavy atom. The average molecular weight is 264 g/mol. The maximum atomic E-state index is 5.91. The maximum absolute atomic E-state index is 5.91. The van der Waals surface area contributed by atoms with E-state index in [4.69, 9.17) is 22.1 Å². The first-order valence-corrected chi connectivity index (χ1v) is 5.78. The van der Waals surface area contributed by atoms with Crippen LogP contribution < -0.4 is 15.4 Å². The monoisotopic (exact) mass is 263 g/mol. The van der Waals surface area contributed by atoms with E-state index in [0.29, 0.717) is 16.5 Å². The zero-order valence-electron chi connectivity index (χ0n) is 10.2. The minimum absolute atomic E-state index is 0.523. The number of benzene rings is 1. The van der Waals surface area contributed by atoms with E-state index in [1.807, 2.05) is 36.2 Å². The molecule has 2 rings (SSSR count). The topological polar surface area (TPSA) is 51.4 Å². The van der Waals surface area contributed by atoms with Crippen molar-refractivity contribution in [2.45, 2.75) is 0 Å². The van der Waals surface area contributed by atoms with E-state index in [-0.39, 0.29) is 0 Å². The normalized spacial score (nSPS) is 10.2. The summed E-state index contributed by atoms with van der Waals surface area (Å²) >= 11 is 5.83. The average Bonchev–Trinajstić information content (AvgIpc) is 2.38. The molecular weight excluding hydrogens is 250 g/mol. The first-order valence-electron chi connectivity index (χ1n) is 5.40. The lowest BCUT2D eigenvalue weighted by molar-refractivity contribution is 0.415. The molecule has 0 aliphatic heterocycles. The third kappa shape index (κ3) is 2.49. The van der Waals surface area contributed by atoms with E-state index in [2.05, 4.69) is 4.98 Å². The Kier molecular flexibility index (Phi) is 3.58. The molecule has 0 bridgehead atoms. The van der Waals surface area contributed by atoms with Crippen molar-refractivity contribution in [2.24, 2.45) is 0 Å². The van der Waals surface area contributed by atoms with E-state index in [1.165, 1.54) is 0 Å². The Labute approximate surface area is 111 Å². The largest absolute Gasteiger partial charge is 0.497 e. The summed E-state index contributed by atoms with van der Waals surface area (Å²) in [6, 6.07) is 9.35. The number of halogens is 1. The van der Waals surface area contributed by atoms with Crippen LogP contribution in [0.1, 0.15) is 0 Å². The number of nitrogens with zero attached hydrogens (tertiary/aromatic N) is 2. The van der Waals surface area contributed by atoms with Crippen molar-refractivity contribution in [1.82, 2.24) is 4.98 Å². The van der Waals surface area contributed by atoms with Crippen LogP contribution in [-0.2, 0) is 0 Å². The van der Waals surface area contributed by atoms with Gasteiger partial charge in [-0.15, -0.1) is 0 Å². The SMILES string of the molecule is COc1cccc(N(C)c2ncc(Cl)cc2N)c1. The summed E-state index contributed by atoms with van der Waals surface area (Å²) in [5.74, 6) is 1.44. The van der Waals surface area contributed by atoms with E-state index in [0.717, 1.165) is 11.4 Å². The molecule has 18 heavy (non-hydrogen) atoms. The van der Waals surface area contributed by atoms with Gasteiger partial charge in [-0.1, -0.05) is 17.7 Å². The molecule has 0 saturated heterocycles. The van der Waals surface area contributed by atoms with Crippen LogP contribution in [0.25, 0.3) is 0 Å². The molecular formula is C13H14ClN3O. The van der Waals surface area contributed by atoms with Crippen LogP contribution in [0.15, 0.2) is 36.5 Å². The molecule has 0 unspecified atom stereocenters. The number of nitrogens with two attached hydrogens (primary N) is 1. The standard InChI is InChI=1S/C13H14ClN3O/c1-17(10-4-3-5-11(7-10)18-2)13-12(15)6-9(14)8-16-13/h3-8H,15H2,1-2H3. The summed E-state index contributed by atoms with van der Waals surface area (Å²) in [4.78, 5) is 6.12. The summed E-state index contributed by atoms with van der Waals surface area (Å²) in [6.45, 7) is 0. The molecule has 4 nitrogen and oxygen atoms in total. The Hall–Kier alpha value is -1.94. The zero-order chi connectivity index (χ0) is 13.1. The third-order valence-corrected chi connectivity index (χ3v) is 2.83. The van der Waals surface area contributed by atoms with Gasteiger partial charge in [0.2, 0.25) is 0 Å². The summed E-state index contributed by atoms with van der Waals surface area (Å²) < 4.78 is 5.19. The van der Waals surface area contributed by atoms with Crippen LogP contribution >= 0.6 is 11.6 Å². The highest BCUT2D eigenvalue weighted by Crippen LogP contribution is 2.30. The van der Waals surface area contributed by atoms with E-state index < -0.39 is 0 Å². The molecule has 0 spiro atoms. The van der Waals surface area contributed by atoms with Gasteiger partial charge in [-0.05, 0) is 18.2 Å². The van der Waals surface area contributed by atoms with Gasteiger partial charge in [-0.25, -0.2) is 4.98 Å². The smallest absolute Gasteiger partial charge is 0.156 e. The molecule has 0 aliphatic carbocycles. The lowest BCUT2D eigenvalue weighted by Crippen LogP contribution is -2.13. The minimum atomic E-state index is 0.523. The molecule has 94 valence electrons. The minimum Gasteiger partial charge on any atom is -0.497 e. The predicted octanol–water partition coefficient (Wildman–Crippen LogP) is 3.09. The quantitative estimate of drug-likeness (QED) is 0.925.